The molecule has 68 valence electrons. The van der Waals surface area contributed by atoms with Crippen molar-refractivity contribution in [3.63, 3.8) is 0 Å². The van der Waals surface area contributed by atoms with Gasteiger partial charge in [0, 0.05) is 6.04 Å². The third-order valence-corrected chi connectivity index (χ3v) is 2.76. The van der Waals surface area contributed by atoms with Gasteiger partial charge in [0.1, 0.15) is 11.9 Å². The molecule has 1 aliphatic carbocycles. The predicted molar refractivity (Wildman–Crippen MR) is 48.3 cm³/mol. The van der Waals surface area contributed by atoms with Crippen molar-refractivity contribution >= 4 is 5.84 Å². The zero-order valence-corrected chi connectivity index (χ0v) is 7.45. The maximum Gasteiger partial charge on any atom is 0.126 e. The average Bonchev–Trinajstić information content (AvgIpc) is 2.46. The summed E-state index contributed by atoms with van der Waals surface area (Å²) in [6.45, 7) is 1.77. The van der Waals surface area contributed by atoms with E-state index in [0.717, 1.165) is 5.84 Å². The van der Waals surface area contributed by atoms with Crippen LogP contribution in [0.25, 0.3) is 0 Å². The molecule has 0 spiro atoms. The molecule has 1 heterocycles. The van der Waals surface area contributed by atoms with E-state index in [2.05, 4.69) is 10.3 Å². The maximum absolute atomic E-state index is 9.31. The van der Waals surface area contributed by atoms with Crippen LogP contribution in [0.1, 0.15) is 32.6 Å². The Kier molecular flexibility index (Phi) is 2.05. The van der Waals surface area contributed by atoms with E-state index >= 15 is 0 Å². The molecule has 0 saturated heterocycles. The van der Waals surface area contributed by atoms with Crippen LogP contribution in [0.5, 0.6) is 0 Å². The minimum Gasteiger partial charge on any atom is -0.386 e. The summed E-state index contributed by atoms with van der Waals surface area (Å²) in [5, 5.41) is 12.6. The fourth-order valence-corrected chi connectivity index (χ4v) is 2.07. The highest BCUT2D eigenvalue weighted by atomic mass is 16.3. The lowest BCUT2D eigenvalue weighted by molar-refractivity contribution is 0.257. The van der Waals surface area contributed by atoms with Gasteiger partial charge in [-0.05, 0) is 19.8 Å². The zero-order chi connectivity index (χ0) is 8.55. The van der Waals surface area contributed by atoms with Gasteiger partial charge in [-0.3, -0.25) is 4.99 Å². The molecule has 2 aliphatic rings. The SMILES string of the molecule is C[C@H](O)C1=N[C@H]2CCCC[C@H]2N1. The molecule has 0 aromatic heterocycles. The van der Waals surface area contributed by atoms with E-state index in [9.17, 15) is 5.11 Å². The fourth-order valence-electron chi connectivity index (χ4n) is 2.07. The first-order valence-corrected chi connectivity index (χ1v) is 4.79. The van der Waals surface area contributed by atoms with E-state index in [1.807, 2.05) is 0 Å². The number of rotatable bonds is 1. The second-order valence-electron chi connectivity index (χ2n) is 3.79. The Hall–Kier alpha value is -0.570. The van der Waals surface area contributed by atoms with Crippen LogP contribution in [0.2, 0.25) is 0 Å². The molecule has 0 amide bonds. The highest BCUT2D eigenvalue weighted by Gasteiger charge is 2.31. The van der Waals surface area contributed by atoms with Crippen LogP contribution in [-0.2, 0) is 0 Å². The lowest BCUT2D eigenvalue weighted by atomic mass is 9.92. The highest BCUT2D eigenvalue weighted by molar-refractivity contribution is 5.88. The third kappa shape index (κ3) is 1.33. The molecule has 0 aromatic carbocycles. The second-order valence-corrected chi connectivity index (χ2v) is 3.79. The summed E-state index contributed by atoms with van der Waals surface area (Å²) >= 11 is 0. The number of nitrogens with zero attached hydrogens (tertiary/aromatic N) is 1. The van der Waals surface area contributed by atoms with Crippen LogP contribution in [0.15, 0.2) is 4.99 Å². The number of hydrogen-bond acceptors (Lipinski definition) is 3. The monoisotopic (exact) mass is 168 g/mol. The number of aliphatic hydroxyl groups is 1. The number of hydrogen-bond donors (Lipinski definition) is 2. The van der Waals surface area contributed by atoms with E-state index in [0.29, 0.717) is 12.1 Å². The van der Waals surface area contributed by atoms with Gasteiger partial charge in [0.05, 0.1) is 6.04 Å². The summed E-state index contributed by atoms with van der Waals surface area (Å²) in [5.74, 6) is 0.798. The van der Waals surface area contributed by atoms with E-state index in [4.69, 9.17) is 0 Å². The van der Waals surface area contributed by atoms with Crippen LogP contribution >= 0.6 is 0 Å². The number of nitrogens with one attached hydrogen (secondary N) is 1. The van der Waals surface area contributed by atoms with Gasteiger partial charge in [-0.25, -0.2) is 0 Å². The van der Waals surface area contributed by atoms with Gasteiger partial charge in [-0.1, -0.05) is 12.8 Å². The summed E-state index contributed by atoms with van der Waals surface area (Å²) in [6.07, 6.45) is 4.57. The predicted octanol–water partition coefficient (Wildman–Crippen LogP) is 0.680. The lowest BCUT2D eigenvalue weighted by Crippen LogP contribution is -2.39. The van der Waals surface area contributed by atoms with Crippen molar-refractivity contribution in [2.75, 3.05) is 0 Å². The largest absolute Gasteiger partial charge is 0.386 e. The number of aliphatic hydroxyl groups excluding tert-OH is 1. The minimum absolute atomic E-state index is 0.421. The lowest BCUT2D eigenvalue weighted by Gasteiger charge is -2.23. The zero-order valence-electron chi connectivity index (χ0n) is 7.45. The van der Waals surface area contributed by atoms with Crippen LogP contribution in [0, 0.1) is 0 Å². The first-order valence-electron chi connectivity index (χ1n) is 4.79. The number of aliphatic imine (C=N–C) groups is 1. The van der Waals surface area contributed by atoms with Crippen molar-refractivity contribution in [2.45, 2.75) is 50.8 Å². The van der Waals surface area contributed by atoms with Gasteiger partial charge in [0.15, 0.2) is 0 Å². The molecule has 0 radical (unpaired) electrons. The Morgan fingerprint density at radius 2 is 2.25 bits per heavy atom. The van der Waals surface area contributed by atoms with E-state index in [-0.39, 0.29) is 0 Å². The van der Waals surface area contributed by atoms with Crippen molar-refractivity contribution in [3.05, 3.63) is 0 Å². The third-order valence-electron chi connectivity index (χ3n) is 2.76. The van der Waals surface area contributed by atoms with Crippen molar-refractivity contribution in [3.8, 4) is 0 Å². The molecule has 1 saturated carbocycles. The molecular formula is C9H16N2O. The van der Waals surface area contributed by atoms with Crippen molar-refractivity contribution in [2.24, 2.45) is 4.99 Å². The Morgan fingerprint density at radius 1 is 1.50 bits per heavy atom. The minimum atomic E-state index is -0.421. The van der Waals surface area contributed by atoms with Gasteiger partial charge in [-0.2, -0.15) is 0 Å². The van der Waals surface area contributed by atoms with Crippen molar-refractivity contribution < 1.29 is 5.11 Å². The first-order chi connectivity index (χ1) is 5.77. The van der Waals surface area contributed by atoms with Crippen molar-refractivity contribution in [1.29, 1.82) is 0 Å². The van der Waals surface area contributed by atoms with Gasteiger partial charge in [-0.15, -0.1) is 0 Å². The van der Waals surface area contributed by atoms with Gasteiger partial charge in [0.25, 0.3) is 0 Å². The van der Waals surface area contributed by atoms with Crippen LogP contribution < -0.4 is 5.32 Å². The highest BCUT2D eigenvalue weighted by Crippen LogP contribution is 2.24. The molecule has 1 fully saturated rings. The molecule has 3 heteroatoms. The molecule has 12 heavy (non-hydrogen) atoms. The van der Waals surface area contributed by atoms with Crippen LogP contribution in [0.4, 0.5) is 0 Å². The topological polar surface area (TPSA) is 44.6 Å². The van der Waals surface area contributed by atoms with E-state index in [1.165, 1.54) is 25.7 Å². The summed E-state index contributed by atoms with van der Waals surface area (Å²) in [5.41, 5.74) is 0. The van der Waals surface area contributed by atoms with Crippen molar-refractivity contribution in [1.82, 2.24) is 5.32 Å². The molecule has 3 nitrogen and oxygen atoms in total. The van der Waals surface area contributed by atoms with Crippen LogP contribution in [0.3, 0.4) is 0 Å². The second kappa shape index (κ2) is 3.05. The Bertz CT molecular complexity index is 201. The maximum atomic E-state index is 9.31. The number of fused-ring (bicyclic) bond motifs is 1. The molecule has 2 rings (SSSR count). The summed E-state index contributed by atoms with van der Waals surface area (Å²) in [6, 6.07) is 0.965. The molecule has 0 aromatic rings. The summed E-state index contributed by atoms with van der Waals surface area (Å²) in [4.78, 5) is 4.47. The molecule has 3 atom stereocenters. The molecule has 0 bridgehead atoms. The Labute approximate surface area is 72.9 Å². The molecule has 2 N–H and O–H groups in total. The average molecular weight is 168 g/mol. The van der Waals surface area contributed by atoms with E-state index in [1.54, 1.807) is 6.92 Å². The Balaban J connectivity index is 2.04. The summed E-state index contributed by atoms with van der Waals surface area (Å²) < 4.78 is 0. The number of amidine groups is 1. The normalized spacial score (nSPS) is 36.7. The standard InChI is InChI=1S/C9H16N2O/c1-6(12)9-10-7-4-2-3-5-8(7)11-9/h6-8,12H,2-5H2,1H3,(H,10,11)/t6-,7-,8+/m0/s1. The molecule has 0 unspecified atom stereocenters. The first kappa shape index (κ1) is 8.05. The van der Waals surface area contributed by atoms with Crippen LogP contribution in [-0.4, -0.2) is 29.1 Å². The summed E-state index contributed by atoms with van der Waals surface area (Å²) in [7, 11) is 0. The van der Waals surface area contributed by atoms with E-state index < -0.39 is 6.10 Å². The van der Waals surface area contributed by atoms with Gasteiger partial charge < -0.3 is 10.4 Å². The molecular weight excluding hydrogens is 152 g/mol. The Morgan fingerprint density at radius 3 is 2.92 bits per heavy atom. The smallest absolute Gasteiger partial charge is 0.126 e. The molecule has 1 aliphatic heterocycles. The quantitative estimate of drug-likeness (QED) is 0.604. The van der Waals surface area contributed by atoms with Gasteiger partial charge >= 0.3 is 0 Å². The fraction of sp³-hybridized carbons (Fsp3) is 0.889. The van der Waals surface area contributed by atoms with Gasteiger partial charge in [0.2, 0.25) is 0 Å².